The Bertz CT molecular complexity index is 705. The van der Waals surface area contributed by atoms with E-state index in [-0.39, 0.29) is 17.7 Å². The monoisotopic (exact) mass is 404 g/mol. The summed E-state index contributed by atoms with van der Waals surface area (Å²) in [6, 6.07) is 0. The maximum absolute atomic E-state index is 12.7. The minimum absolute atomic E-state index is 0.0963. The lowest BCUT2D eigenvalue weighted by Crippen LogP contribution is -2.48. The summed E-state index contributed by atoms with van der Waals surface area (Å²) in [5.41, 5.74) is 1.19. The molecule has 1 saturated heterocycles. The van der Waals surface area contributed by atoms with Gasteiger partial charge in [0.15, 0.2) is 5.13 Å². The molecule has 2 fully saturated rings. The van der Waals surface area contributed by atoms with Gasteiger partial charge in [-0.2, -0.15) is 0 Å². The minimum atomic E-state index is 0.0963. The molecular weight excluding hydrogens is 372 g/mol. The Labute approximate surface area is 171 Å². The SMILES string of the molecule is CC(=O)N1CCN(c2nc3c(s2)CC(C(=O)NCC2CCCCC2)CC3)CC1. The zero-order valence-electron chi connectivity index (χ0n) is 16.9. The second-order valence-electron chi connectivity index (χ2n) is 8.55. The number of thiazole rings is 1. The van der Waals surface area contributed by atoms with E-state index in [1.807, 2.05) is 4.90 Å². The second kappa shape index (κ2) is 8.80. The molecule has 1 N–H and O–H groups in total. The molecule has 3 aliphatic rings. The number of rotatable bonds is 4. The standard InChI is InChI=1S/C21H32N4O2S/c1-15(26)24-9-11-25(12-10-24)21-23-18-8-7-17(13-19(18)28-21)20(27)22-14-16-5-3-2-4-6-16/h16-17H,2-14H2,1H3,(H,22,27). The first-order valence-electron chi connectivity index (χ1n) is 10.9. The zero-order valence-corrected chi connectivity index (χ0v) is 17.7. The molecule has 1 unspecified atom stereocenters. The van der Waals surface area contributed by atoms with Crippen LogP contribution in [0, 0.1) is 11.8 Å². The Hall–Kier alpha value is -1.63. The summed E-state index contributed by atoms with van der Waals surface area (Å²) in [6.07, 6.45) is 9.17. The maximum Gasteiger partial charge on any atom is 0.223 e. The zero-order chi connectivity index (χ0) is 19.5. The molecule has 0 spiro atoms. The van der Waals surface area contributed by atoms with Gasteiger partial charge in [-0.05, 0) is 38.0 Å². The van der Waals surface area contributed by atoms with Gasteiger partial charge in [-0.1, -0.05) is 19.3 Å². The molecule has 1 aromatic rings. The molecule has 0 radical (unpaired) electrons. The predicted molar refractivity (Wildman–Crippen MR) is 112 cm³/mol. The molecule has 1 aromatic heterocycles. The van der Waals surface area contributed by atoms with E-state index in [1.165, 1.54) is 42.7 Å². The van der Waals surface area contributed by atoms with Gasteiger partial charge in [-0.15, -0.1) is 11.3 Å². The van der Waals surface area contributed by atoms with E-state index in [2.05, 4.69) is 10.2 Å². The first-order valence-corrected chi connectivity index (χ1v) is 11.7. The minimum Gasteiger partial charge on any atom is -0.356 e. The molecule has 2 amide bonds. The lowest BCUT2D eigenvalue weighted by molar-refractivity contribution is -0.129. The molecule has 1 aliphatic heterocycles. The van der Waals surface area contributed by atoms with Crippen LogP contribution in [0.15, 0.2) is 0 Å². The Morgan fingerprint density at radius 1 is 1.11 bits per heavy atom. The number of aryl methyl sites for hydroxylation is 1. The summed E-state index contributed by atoms with van der Waals surface area (Å²) in [5, 5.41) is 4.30. The van der Waals surface area contributed by atoms with Crippen molar-refractivity contribution in [2.45, 2.75) is 58.3 Å². The number of nitrogens with zero attached hydrogens (tertiary/aromatic N) is 3. The maximum atomic E-state index is 12.7. The van der Waals surface area contributed by atoms with Crippen LogP contribution in [0.4, 0.5) is 5.13 Å². The summed E-state index contributed by atoms with van der Waals surface area (Å²) in [7, 11) is 0. The number of piperazine rings is 1. The molecule has 0 aromatic carbocycles. The Morgan fingerprint density at radius 2 is 1.86 bits per heavy atom. The van der Waals surface area contributed by atoms with Gasteiger partial charge >= 0.3 is 0 Å². The lowest BCUT2D eigenvalue weighted by atomic mass is 9.88. The van der Waals surface area contributed by atoms with Crippen LogP contribution in [-0.4, -0.2) is 54.4 Å². The van der Waals surface area contributed by atoms with E-state index >= 15 is 0 Å². The number of aromatic nitrogens is 1. The quantitative estimate of drug-likeness (QED) is 0.838. The van der Waals surface area contributed by atoms with Crippen LogP contribution in [0.5, 0.6) is 0 Å². The predicted octanol–water partition coefficient (Wildman–Crippen LogP) is 2.61. The highest BCUT2D eigenvalue weighted by molar-refractivity contribution is 7.15. The summed E-state index contributed by atoms with van der Waals surface area (Å²) >= 11 is 1.75. The van der Waals surface area contributed by atoms with Crippen molar-refractivity contribution in [3.8, 4) is 0 Å². The lowest BCUT2D eigenvalue weighted by Gasteiger charge is -2.33. The molecule has 2 aliphatic carbocycles. The van der Waals surface area contributed by atoms with E-state index in [1.54, 1.807) is 18.3 Å². The van der Waals surface area contributed by atoms with Gasteiger partial charge in [0, 0.05) is 50.4 Å². The van der Waals surface area contributed by atoms with Gasteiger partial charge in [-0.25, -0.2) is 4.98 Å². The van der Waals surface area contributed by atoms with Crippen molar-refractivity contribution < 1.29 is 9.59 Å². The topological polar surface area (TPSA) is 65.5 Å². The van der Waals surface area contributed by atoms with Gasteiger partial charge in [0.25, 0.3) is 0 Å². The highest BCUT2D eigenvalue weighted by atomic mass is 32.1. The fourth-order valence-corrected chi connectivity index (χ4v) is 5.95. The third-order valence-electron chi connectivity index (χ3n) is 6.58. The Kier molecular flexibility index (Phi) is 6.19. The number of anilines is 1. The van der Waals surface area contributed by atoms with Crippen molar-refractivity contribution in [3.63, 3.8) is 0 Å². The van der Waals surface area contributed by atoms with Crippen LogP contribution in [0.25, 0.3) is 0 Å². The molecule has 2 heterocycles. The second-order valence-corrected chi connectivity index (χ2v) is 9.61. The van der Waals surface area contributed by atoms with Crippen LogP contribution < -0.4 is 10.2 Å². The van der Waals surface area contributed by atoms with Gasteiger partial charge in [-0.3, -0.25) is 9.59 Å². The van der Waals surface area contributed by atoms with Crippen LogP contribution in [0.3, 0.4) is 0 Å². The summed E-state index contributed by atoms with van der Waals surface area (Å²) < 4.78 is 0. The molecule has 1 atom stereocenters. The third-order valence-corrected chi connectivity index (χ3v) is 7.77. The number of carbonyl (C=O) groups is 2. The van der Waals surface area contributed by atoms with Gasteiger partial charge in [0.2, 0.25) is 11.8 Å². The Balaban J connectivity index is 1.30. The van der Waals surface area contributed by atoms with Crippen LogP contribution in [0.2, 0.25) is 0 Å². The normalized spacial score (nSPS) is 23.4. The number of amides is 2. The van der Waals surface area contributed by atoms with Crippen molar-refractivity contribution in [3.05, 3.63) is 10.6 Å². The molecule has 0 bridgehead atoms. The highest BCUT2D eigenvalue weighted by Crippen LogP contribution is 2.34. The molecule has 154 valence electrons. The van der Waals surface area contributed by atoms with Gasteiger partial charge in [0.05, 0.1) is 5.69 Å². The smallest absolute Gasteiger partial charge is 0.223 e. The summed E-state index contributed by atoms with van der Waals surface area (Å²) in [5.74, 6) is 1.17. The van der Waals surface area contributed by atoms with E-state index in [0.29, 0.717) is 5.92 Å². The van der Waals surface area contributed by atoms with Crippen molar-refractivity contribution in [1.82, 2.24) is 15.2 Å². The largest absolute Gasteiger partial charge is 0.356 e. The summed E-state index contributed by atoms with van der Waals surface area (Å²) in [4.78, 5) is 34.5. The van der Waals surface area contributed by atoms with Crippen LogP contribution in [-0.2, 0) is 22.4 Å². The molecule has 6 nitrogen and oxygen atoms in total. The molecule has 7 heteroatoms. The fourth-order valence-electron chi connectivity index (χ4n) is 4.71. The molecule has 1 saturated carbocycles. The number of carbonyl (C=O) groups excluding carboxylic acids is 2. The number of nitrogens with one attached hydrogen (secondary N) is 1. The first kappa shape index (κ1) is 19.7. The first-order chi connectivity index (χ1) is 13.6. The van der Waals surface area contributed by atoms with E-state index in [9.17, 15) is 9.59 Å². The number of fused-ring (bicyclic) bond motifs is 1. The van der Waals surface area contributed by atoms with Gasteiger partial charge in [0.1, 0.15) is 0 Å². The molecular formula is C21H32N4O2S. The van der Waals surface area contributed by atoms with Crippen molar-refractivity contribution >= 4 is 28.3 Å². The van der Waals surface area contributed by atoms with Crippen molar-refractivity contribution in [2.24, 2.45) is 11.8 Å². The van der Waals surface area contributed by atoms with E-state index in [4.69, 9.17) is 4.98 Å². The number of hydrogen-bond donors (Lipinski definition) is 1. The Morgan fingerprint density at radius 3 is 2.57 bits per heavy atom. The van der Waals surface area contributed by atoms with Gasteiger partial charge < -0.3 is 15.1 Å². The average molecular weight is 405 g/mol. The van der Waals surface area contributed by atoms with Crippen molar-refractivity contribution in [1.29, 1.82) is 0 Å². The van der Waals surface area contributed by atoms with Crippen molar-refractivity contribution in [2.75, 3.05) is 37.6 Å². The van der Waals surface area contributed by atoms with Crippen LogP contribution >= 0.6 is 11.3 Å². The third kappa shape index (κ3) is 4.50. The summed E-state index contributed by atoms with van der Waals surface area (Å²) in [6.45, 7) is 5.72. The fraction of sp³-hybridized carbons (Fsp3) is 0.762. The highest BCUT2D eigenvalue weighted by Gasteiger charge is 2.29. The van der Waals surface area contributed by atoms with E-state index in [0.717, 1.165) is 57.1 Å². The molecule has 4 rings (SSSR count). The van der Waals surface area contributed by atoms with Crippen LogP contribution in [0.1, 0.15) is 56.0 Å². The average Bonchev–Trinajstić information content (AvgIpc) is 3.16. The number of hydrogen-bond acceptors (Lipinski definition) is 5. The van der Waals surface area contributed by atoms with E-state index < -0.39 is 0 Å². The molecule has 28 heavy (non-hydrogen) atoms.